The van der Waals surface area contributed by atoms with Gasteiger partial charge in [-0.25, -0.2) is 0 Å². The number of carbonyl (C=O) groups excluding carboxylic acids is 2. The third-order valence-electron chi connectivity index (χ3n) is 14.9. The molecule has 0 aliphatic rings. The van der Waals surface area contributed by atoms with E-state index < -0.39 is 12.1 Å². The van der Waals surface area contributed by atoms with E-state index in [-0.39, 0.29) is 18.5 Å². The summed E-state index contributed by atoms with van der Waals surface area (Å²) in [6.45, 7) is 4.97. The summed E-state index contributed by atoms with van der Waals surface area (Å²) in [5.74, 6) is -0.0430. The third-order valence-corrected chi connectivity index (χ3v) is 14.9. The molecule has 6 heteroatoms. The molecular formula is C62H123NO5. The molecular weight excluding hydrogens is 839 g/mol. The van der Waals surface area contributed by atoms with Crippen molar-refractivity contribution in [1.82, 2.24) is 5.32 Å². The molecule has 0 spiro atoms. The van der Waals surface area contributed by atoms with Crippen LogP contribution in [0.2, 0.25) is 0 Å². The quantitative estimate of drug-likeness (QED) is 0.0417. The molecule has 0 saturated carbocycles. The molecule has 0 aromatic carbocycles. The minimum Gasteiger partial charge on any atom is -0.466 e. The molecule has 6 nitrogen and oxygen atoms in total. The lowest BCUT2D eigenvalue weighted by Crippen LogP contribution is -2.45. The zero-order chi connectivity index (χ0) is 49.3. The molecule has 0 bridgehead atoms. The summed E-state index contributed by atoms with van der Waals surface area (Å²) < 4.78 is 5.49. The van der Waals surface area contributed by atoms with Crippen LogP contribution in [0.3, 0.4) is 0 Å². The van der Waals surface area contributed by atoms with Crippen LogP contribution in [0.1, 0.15) is 361 Å². The first kappa shape index (κ1) is 66.9. The number of rotatable bonds is 59. The molecule has 0 aromatic heterocycles. The van der Waals surface area contributed by atoms with Gasteiger partial charge in [0.1, 0.15) is 0 Å². The largest absolute Gasteiger partial charge is 0.466 e. The summed E-state index contributed by atoms with van der Waals surface area (Å²) in [5, 5.41) is 23.4. The number of amides is 1. The van der Waals surface area contributed by atoms with Gasteiger partial charge in [-0.2, -0.15) is 0 Å². The summed E-state index contributed by atoms with van der Waals surface area (Å²) in [5.41, 5.74) is 0. The monoisotopic (exact) mass is 962 g/mol. The summed E-state index contributed by atoms with van der Waals surface area (Å²) in [6.07, 6.45) is 68.2. The van der Waals surface area contributed by atoms with Crippen molar-refractivity contribution in [3.8, 4) is 0 Å². The molecule has 0 saturated heterocycles. The van der Waals surface area contributed by atoms with E-state index in [9.17, 15) is 19.8 Å². The Bertz CT molecular complexity index is 975. The molecule has 0 radical (unpaired) electrons. The van der Waals surface area contributed by atoms with Crippen LogP contribution in [0.4, 0.5) is 0 Å². The smallest absolute Gasteiger partial charge is 0.305 e. The molecule has 0 rings (SSSR count). The fourth-order valence-electron chi connectivity index (χ4n) is 10.1. The van der Waals surface area contributed by atoms with E-state index in [1.807, 2.05) is 0 Å². The Balaban J connectivity index is 3.42. The van der Waals surface area contributed by atoms with Crippen molar-refractivity contribution in [2.45, 2.75) is 373 Å². The maximum Gasteiger partial charge on any atom is 0.305 e. The molecule has 68 heavy (non-hydrogen) atoms. The fourth-order valence-corrected chi connectivity index (χ4v) is 10.1. The van der Waals surface area contributed by atoms with Gasteiger partial charge < -0.3 is 20.3 Å². The lowest BCUT2D eigenvalue weighted by atomic mass is 10.0. The molecule has 0 aromatic rings. The van der Waals surface area contributed by atoms with E-state index in [0.717, 1.165) is 51.4 Å². The van der Waals surface area contributed by atoms with E-state index in [4.69, 9.17) is 4.74 Å². The van der Waals surface area contributed by atoms with E-state index in [1.165, 1.54) is 276 Å². The van der Waals surface area contributed by atoms with Gasteiger partial charge in [-0.3, -0.25) is 9.59 Å². The van der Waals surface area contributed by atoms with Crippen LogP contribution in [0.15, 0.2) is 0 Å². The zero-order valence-electron chi connectivity index (χ0n) is 46.4. The number of ether oxygens (including phenoxy) is 1. The minimum atomic E-state index is -0.672. The molecule has 0 aliphatic carbocycles. The van der Waals surface area contributed by atoms with Gasteiger partial charge in [0, 0.05) is 12.8 Å². The fraction of sp³-hybridized carbons (Fsp3) is 0.968. The van der Waals surface area contributed by atoms with Gasteiger partial charge in [-0.1, -0.05) is 322 Å². The zero-order valence-corrected chi connectivity index (χ0v) is 46.4. The number of esters is 1. The van der Waals surface area contributed by atoms with Crippen molar-refractivity contribution in [3.63, 3.8) is 0 Å². The van der Waals surface area contributed by atoms with Crippen LogP contribution in [0.25, 0.3) is 0 Å². The molecule has 406 valence electrons. The third kappa shape index (κ3) is 54.2. The van der Waals surface area contributed by atoms with Gasteiger partial charge in [-0.15, -0.1) is 0 Å². The summed E-state index contributed by atoms with van der Waals surface area (Å²) in [7, 11) is 0. The Hall–Kier alpha value is -1.14. The highest BCUT2D eigenvalue weighted by atomic mass is 16.5. The molecule has 0 aliphatic heterocycles. The van der Waals surface area contributed by atoms with Gasteiger partial charge in [0.25, 0.3) is 0 Å². The number of aliphatic hydroxyl groups is 2. The van der Waals surface area contributed by atoms with Crippen molar-refractivity contribution >= 4 is 11.9 Å². The van der Waals surface area contributed by atoms with Crippen molar-refractivity contribution in [3.05, 3.63) is 0 Å². The van der Waals surface area contributed by atoms with E-state index in [2.05, 4.69) is 19.2 Å². The van der Waals surface area contributed by atoms with Crippen LogP contribution in [0.5, 0.6) is 0 Å². The predicted octanol–water partition coefficient (Wildman–Crippen LogP) is 19.5. The van der Waals surface area contributed by atoms with Gasteiger partial charge in [0.05, 0.1) is 25.4 Å². The topological polar surface area (TPSA) is 95.9 Å². The first-order valence-electron chi connectivity index (χ1n) is 31.3. The summed E-state index contributed by atoms with van der Waals surface area (Å²) in [4.78, 5) is 24.6. The van der Waals surface area contributed by atoms with Crippen molar-refractivity contribution in [1.29, 1.82) is 0 Å². The Morgan fingerprint density at radius 2 is 0.603 bits per heavy atom. The highest BCUT2D eigenvalue weighted by Crippen LogP contribution is 2.19. The standard InChI is InChI=1S/C62H123NO5/c1-3-5-7-9-11-13-15-17-19-21-22-23-24-25-26-27-30-34-38-42-46-50-54-60(65)59(58-64)63-61(66)55-51-47-43-39-35-31-29-33-37-41-45-49-53-57-68-62(67)56-52-48-44-40-36-32-28-20-18-16-14-12-10-8-6-4-2/h59-60,64-65H,3-58H2,1-2H3,(H,63,66). The average molecular weight is 963 g/mol. The van der Waals surface area contributed by atoms with Crippen LogP contribution < -0.4 is 5.32 Å². The molecule has 3 N–H and O–H groups in total. The maximum atomic E-state index is 12.5. The Kier molecular flexibility index (Phi) is 57.5. The Labute approximate surface area is 426 Å². The SMILES string of the molecule is CCCCCCCCCCCCCCCCCCCCCCCCC(O)C(CO)NC(=O)CCCCCCCCCCCCCCCOC(=O)CCCCCCCCCCCCCCCCCC. The minimum absolute atomic E-state index is 0.000321. The number of nitrogens with one attached hydrogen (secondary N) is 1. The van der Waals surface area contributed by atoms with E-state index >= 15 is 0 Å². The summed E-state index contributed by atoms with van der Waals surface area (Å²) >= 11 is 0. The molecule has 2 unspecified atom stereocenters. The number of hydrogen-bond donors (Lipinski definition) is 3. The lowest BCUT2D eigenvalue weighted by molar-refractivity contribution is -0.143. The normalized spacial score (nSPS) is 12.5. The van der Waals surface area contributed by atoms with Gasteiger partial charge in [0.2, 0.25) is 5.91 Å². The van der Waals surface area contributed by atoms with Crippen LogP contribution in [0, 0.1) is 0 Å². The highest BCUT2D eigenvalue weighted by Gasteiger charge is 2.20. The van der Waals surface area contributed by atoms with Crippen molar-refractivity contribution in [2.75, 3.05) is 13.2 Å². The second-order valence-corrected chi connectivity index (χ2v) is 21.8. The van der Waals surface area contributed by atoms with E-state index in [0.29, 0.717) is 25.9 Å². The number of hydrogen-bond acceptors (Lipinski definition) is 5. The Morgan fingerprint density at radius 1 is 0.353 bits per heavy atom. The van der Waals surface area contributed by atoms with Crippen LogP contribution in [-0.4, -0.2) is 47.4 Å². The maximum absolute atomic E-state index is 12.5. The van der Waals surface area contributed by atoms with Gasteiger partial charge in [0.15, 0.2) is 0 Å². The van der Waals surface area contributed by atoms with Gasteiger partial charge >= 0.3 is 5.97 Å². The number of unbranched alkanes of at least 4 members (excludes halogenated alkanes) is 48. The second-order valence-electron chi connectivity index (χ2n) is 21.8. The first-order valence-corrected chi connectivity index (χ1v) is 31.3. The number of carbonyl (C=O) groups is 2. The highest BCUT2D eigenvalue weighted by molar-refractivity contribution is 5.76. The Morgan fingerprint density at radius 3 is 0.897 bits per heavy atom. The first-order chi connectivity index (χ1) is 33.5. The second kappa shape index (κ2) is 58.4. The van der Waals surface area contributed by atoms with Crippen LogP contribution in [-0.2, 0) is 14.3 Å². The average Bonchev–Trinajstić information content (AvgIpc) is 3.34. The molecule has 0 fully saturated rings. The van der Waals surface area contributed by atoms with Crippen molar-refractivity contribution in [2.24, 2.45) is 0 Å². The number of aliphatic hydroxyl groups excluding tert-OH is 2. The molecule has 0 heterocycles. The summed E-state index contributed by atoms with van der Waals surface area (Å²) in [6, 6.07) is -0.551. The van der Waals surface area contributed by atoms with Gasteiger partial charge in [-0.05, 0) is 25.7 Å². The predicted molar refractivity (Wildman–Crippen MR) is 297 cm³/mol. The van der Waals surface area contributed by atoms with Crippen molar-refractivity contribution < 1.29 is 24.5 Å². The molecule has 1 amide bonds. The lowest BCUT2D eigenvalue weighted by Gasteiger charge is -2.22. The van der Waals surface area contributed by atoms with E-state index in [1.54, 1.807) is 0 Å². The van der Waals surface area contributed by atoms with Crippen LogP contribution >= 0.6 is 0 Å². The molecule has 2 atom stereocenters.